The molecule has 0 bridgehead atoms. The Morgan fingerprint density at radius 3 is 2.47 bits per heavy atom. The van der Waals surface area contributed by atoms with Gasteiger partial charge >= 0.3 is 0 Å². The first-order valence-corrected chi connectivity index (χ1v) is 8.55. The van der Waals surface area contributed by atoms with Gasteiger partial charge < -0.3 is 5.73 Å². The van der Waals surface area contributed by atoms with Gasteiger partial charge in [-0.3, -0.25) is 0 Å². The second-order valence-corrected chi connectivity index (χ2v) is 8.19. The van der Waals surface area contributed by atoms with Crippen LogP contribution in [0.3, 0.4) is 0 Å². The van der Waals surface area contributed by atoms with Crippen molar-refractivity contribution in [2.45, 2.75) is 10.8 Å². The molecule has 0 saturated heterocycles. The van der Waals surface area contributed by atoms with Crippen molar-refractivity contribution >= 4 is 43.0 Å². The minimum atomic E-state index is -3.47. The summed E-state index contributed by atoms with van der Waals surface area (Å²) >= 11 is 4.48. The highest BCUT2D eigenvalue weighted by atomic mass is 79.9. The van der Waals surface area contributed by atoms with Gasteiger partial charge in [0.05, 0.1) is 0 Å². The van der Waals surface area contributed by atoms with E-state index in [0.29, 0.717) is 12.2 Å². The summed E-state index contributed by atoms with van der Waals surface area (Å²) in [6.07, 6.45) is 0. The molecule has 0 unspecified atom stereocenters. The summed E-state index contributed by atoms with van der Waals surface area (Å²) in [4.78, 5) is 0. The van der Waals surface area contributed by atoms with E-state index in [4.69, 9.17) is 5.73 Å². The van der Waals surface area contributed by atoms with Gasteiger partial charge in [0.15, 0.2) is 0 Å². The van der Waals surface area contributed by atoms with Crippen LogP contribution < -0.4 is 5.73 Å². The van der Waals surface area contributed by atoms with Crippen LogP contribution in [0.2, 0.25) is 0 Å². The fraction of sp³-hybridized carbons (Fsp3) is 0.167. The highest BCUT2D eigenvalue weighted by Crippen LogP contribution is 2.25. The number of sulfonamides is 1. The van der Waals surface area contributed by atoms with Crippen LogP contribution in [0.25, 0.3) is 0 Å². The van der Waals surface area contributed by atoms with E-state index in [-0.39, 0.29) is 4.21 Å². The molecular weight excluding hydrogens is 348 g/mol. The molecule has 0 aliphatic rings. The Hall–Kier alpha value is -0.890. The third-order valence-electron chi connectivity index (χ3n) is 2.58. The van der Waals surface area contributed by atoms with Crippen LogP contribution in [0.15, 0.2) is 44.4 Å². The van der Waals surface area contributed by atoms with Crippen molar-refractivity contribution in [1.82, 2.24) is 4.31 Å². The average Bonchev–Trinajstić information content (AvgIpc) is 2.79. The predicted octanol–water partition coefficient (Wildman–Crippen LogP) is 2.91. The van der Waals surface area contributed by atoms with Crippen molar-refractivity contribution in [3.05, 3.63) is 45.7 Å². The first kappa shape index (κ1) is 14.5. The Morgan fingerprint density at radius 1 is 1.32 bits per heavy atom. The number of thiophene rings is 1. The van der Waals surface area contributed by atoms with Crippen LogP contribution in [0, 0.1) is 0 Å². The van der Waals surface area contributed by atoms with E-state index >= 15 is 0 Å². The Balaban J connectivity index is 2.19. The molecule has 0 aliphatic carbocycles. The number of nitrogens with two attached hydrogens (primary N) is 1. The molecule has 102 valence electrons. The lowest BCUT2D eigenvalue weighted by Gasteiger charge is -2.16. The third kappa shape index (κ3) is 3.36. The zero-order chi connectivity index (χ0) is 14.0. The molecule has 4 nitrogen and oxygen atoms in total. The van der Waals surface area contributed by atoms with Gasteiger partial charge in [0, 0.05) is 29.1 Å². The number of benzene rings is 1. The maximum atomic E-state index is 12.3. The summed E-state index contributed by atoms with van der Waals surface area (Å²) < 4.78 is 27.1. The molecule has 1 aromatic carbocycles. The van der Waals surface area contributed by atoms with Crippen LogP contribution >= 0.6 is 27.3 Å². The Labute approximate surface area is 125 Å². The molecule has 2 aromatic rings. The highest BCUT2D eigenvalue weighted by molar-refractivity contribution is 9.10. The van der Waals surface area contributed by atoms with Gasteiger partial charge in [-0.15, -0.1) is 11.3 Å². The van der Waals surface area contributed by atoms with Gasteiger partial charge in [-0.1, -0.05) is 28.1 Å². The predicted molar refractivity (Wildman–Crippen MR) is 81.5 cm³/mol. The lowest BCUT2D eigenvalue weighted by atomic mass is 10.2. The summed E-state index contributed by atoms with van der Waals surface area (Å²) in [5.41, 5.74) is 6.97. The van der Waals surface area contributed by atoms with Crippen LogP contribution in [-0.2, 0) is 16.6 Å². The largest absolute Gasteiger partial charge is 0.398 e. The number of halogens is 1. The maximum absolute atomic E-state index is 12.3. The first-order chi connectivity index (χ1) is 8.89. The van der Waals surface area contributed by atoms with E-state index in [2.05, 4.69) is 15.9 Å². The molecule has 7 heteroatoms. The number of hydrogen-bond acceptors (Lipinski definition) is 4. The molecule has 0 spiro atoms. The highest BCUT2D eigenvalue weighted by Gasteiger charge is 2.22. The second kappa shape index (κ2) is 5.62. The normalized spacial score (nSPS) is 11.9. The summed E-state index contributed by atoms with van der Waals surface area (Å²) in [5, 5.41) is 1.63. The lowest BCUT2D eigenvalue weighted by molar-refractivity contribution is 0.468. The number of nitrogen functional groups attached to an aromatic ring is 1. The minimum Gasteiger partial charge on any atom is -0.398 e. The number of rotatable bonds is 4. The fourth-order valence-electron chi connectivity index (χ4n) is 1.55. The monoisotopic (exact) mass is 360 g/mol. The average molecular weight is 361 g/mol. The smallest absolute Gasteiger partial charge is 0.252 e. The minimum absolute atomic E-state index is 0.268. The number of nitrogens with zero attached hydrogens (tertiary/aromatic N) is 1. The van der Waals surface area contributed by atoms with Crippen molar-refractivity contribution in [2.75, 3.05) is 12.8 Å². The molecule has 1 heterocycles. The van der Waals surface area contributed by atoms with Crippen molar-refractivity contribution in [2.24, 2.45) is 0 Å². The lowest BCUT2D eigenvalue weighted by Crippen LogP contribution is -2.25. The molecule has 0 amide bonds. The van der Waals surface area contributed by atoms with Crippen LogP contribution in [-0.4, -0.2) is 19.8 Å². The molecule has 0 saturated carbocycles. The second-order valence-electron chi connectivity index (χ2n) is 4.09. The van der Waals surface area contributed by atoms with Crippen molar-refractivity contribution in [3.63, 3.8) is 0 Å². The van der Waals surface area contributed by atoms with Crippen LogP contribution in [0.1, 0.15) is 5.56 Å². The fourth-order valence-corrected chi connectivity index (χ4v) is 4.26. The van der Waals surface area contributed by atoms with E-state index in [9.17, 15) is 8.42 Å². The van der Waals surface area contributed by atoms with Crippen molar-refractivity contribution < 1.29 is 8.42 Å². The Kier molecular flexibility index (Phi) is 4.29. The van der Waals surface area contributed by atoms with Gasteiger partial charge in [-0.2, -0.15) is 4.31 Å². The SMILES string of the molecule is CN(Cc1ccc(Br)cc1)S(=O)(=O)c1cc(N)cs1. The molecule has 2 N–H and O–H groups in total. The topological polar surface area (TPSA) is 63.4 Å². The third-order valence-corrected chi connectivity index (χ3v) is 6.34. The molecule has 1 aromatic heterocycles. The molecule has 19 heavy (non-hydrogen) atoms. The van der Waals surface area contributed by atoms with Crippen molar-refractivity contribution in [1.29, 1.82) is 0 Å². The quantitative estimate of drug-likeness (QED) is 0.911. The Bertz CT molecular complexity index is 665. The van der Waals surface area contributed by atoms with E-state index in [1.807, 2.05) is 24.3 Å². The van der Waals surface area contributed by atoms with Gasteiger partial charge in [0.1, 0.15) is 4.21 Å². The van der Waals surface area contributed by atoms with Crippen LogP contribution in [0.4, 0.5) is 5.69 Å². The summed E-state index contributed by atoms with van der Waals surface area (Å²) in [6, 6.07) is 9.04. The van der Waals surface area contributed by atoms with E-state index in [0.717, 1.165) is 21.4 Å². The van der Waals surface area contributed by atoms with E-state index < -0.39 is 10.0 Å². The summed E-state index contributed by atoms with van der Waals surface area (Å²) in [5.74, 6) is 0. The molecule has 0 fully saturated rings. The van der Waals surface area contributed by atoms with Gasteiger partial charge in [0.2, 0.25) is 0 Å². The van der Waals surface area contributed by atoms with E-state index in [1.54, 1.807) is 12.4 Å². The van der Waals surface area contributed by atoms with Gasteiger partial charge in [-0.05, 0) is 23.8 Å². The van der Waals surface area contributed by atoms with Crippen LogP contribution in [0.5, 0.6) is 0 Å². The number of anilines is 1. The summed E-state index contributed by atoms with van der Waals surface area (Å²) in [7, 11) is -1.90. The zero-order valence-corrected chi connectivity index (χ0v) is 13.4. The maximum Gasteiger partial charge on any atom is 0.252 e. The van der Waals surface area contributed by atoms with Crippen molar-refractivity contribution in [3.8, 4) is 0 Å². The Morgan fingerprint density at radius 2 is 1.95 bits per heavy atom. The van der Waals surface area contributed by atoms with Gasteiger partial charge in [-0.25, -0.2) is 8.42 Å². The van der Waals surface area contributed by atoms with Gasteiger partial charge in [0.25, 0.3) is 10.0 Å². The first-order valence-electron chi connectivity index (χ1n) is 5.44. The standard InChI is InChI=1S/C12H13BrN2O2S2/c1-15(7-9-2-4-10(13)5-3-9)19(16,17)12-6-11(14)8-18-12/h2-6,8H,7,14H2,1H3. The number of hydrogen-bond donors (Lipinski definition) is 1. The van der Waals surface area contributed by atoms with E-state index in [1.165, 1.54) is 10.4 Å². The summed E-state index contributed by atoms with van der Waals surface area (Å²) in [6.45, 7) is 0.327. The molecule has 0 radical (unpaired) electrons. The molecule has 2 rings (SSSR count). The zero-order valence-electron chi connectivity index (χ0n) is 10.2. The molecule has 0 aliphatic heterocycles. The molecule has 0 atom stereocenters. The molecular formula is C12H13BrN2O2S2.